The number of aryl methyl sites for hydroxylation is 1. The van der Waals surface area contributed by atoms with Crippen molar-refractivity contribution < 1.29 is 30.7 Å². The van der Waals surface area contributed by atoms with Crippen molar-refractivity contribution in [2.45, 2.75) is 25.9 Å². The fourth-order valence-electron chi connectivity index (χ4n) is 3.06. The molecule has 0 N–H and O–H groups in total. The summed E-state index contributed by atoms with van der Waals surface area (Å²) in [6.45, 7) is 1.92. The van der Waals surface area contributed by atoms with Crippen LogP contribution in [0.25, 0.3) is 21.9 Å². The lowest BCUT2D eigenvalue weighted by Crippen LogP contribution is -2.12. The highest BCUT2D eigenvalue weighted by molar-refractivity contribution is 5.89. The van der Waals surface area contributed by atoms with E-state index in [9.17, 15) is 30.7 Å². The molecule has 27 heavy (non-hydrogen) atoms. The SMILES string of the molecule is CCCc1ccc(-c2cc(F)c3c(F)c(C(F)(F)F)c(F)cc3c2)c(F)c1. The van der Waals surface area contributed by atoms with E-state index in [1.165, 1.54) is 12.1 Å². The maximum absolute atomic E-state index is 14.4. The van der Waals surface area contributed by atoms with Gasteiger partial charge in [-0.2, -0.15) is 13.2 Å². The van der Waals surface area contributed by atoms with Crippen molar-refractivity contribution >= 4 is 10.8 Å². The van der Waals surface area contributed by atoms with Gasteiger partial charge < -0.3 is 0 Å². The molecule has 0 radical (unpaired) electrons. The smallest absolute Gasteiger partial charge is 0.206 e. The van der Waals surface area contributed by atoms with E-state index in [-0.39, 0.29) is 11.1 Å². The van der Waals surface area contributed by atoms with Crippen LogP contribution in [0.2, 0.25) is 0 Å². The maximum atomic E-state index is 14.4. The highest BCUT2D eigenvalue weighted by Crippen LogP contribution is 2.39. The van der Waals surface area contributed by atoms with Gasteiger partial charge in [-0.15, -0.1) is 0 Å². The van der Waals surface area contributed by atoms with Crippen molar-refractivity contribution in [1.29, 1.82) is 0 Å². The molecule has 0 fully saturated rings. The Morgan fingerprint density at radius 2 is 1.52 bits per heavy atom. The van der Waals surface area contributed by atoms with Crippen LogP contribution in [-0.2, 0) is 12.6 Å². The number of rotatable bonds is 3. The van der Waals surface area contributed by atoms with Gasteiger partial charge in [0.15, 0.2) is 0 Å². The molecule has 0 amide bonds. The molecule has 0 unspecified atom stereocenters. The van der Waals surface area contributed by atoms with Gasteiger partial charge >= 0.3 is 6.18 Å². The summed E-state index contributed by atoms with van der Waals surface area (Å²) in [6.07, 6.45) is -3.88. The first-order valence-electron chi connectivity index (χ1n) is 8.10. The van der Waals surface area contributed by atoms with Crippen LogP contribution < -0.4 is 0 Å². The molecule has 0 saturated heterocycles. The van der Waals surface area contributed by atoms with E-state index < -0.39 is 45.8 Å². The predicted octanol–water partition coefficient (Wildman–Crippen LogP) is 7.03. The molecular formula is C20H13F7. The van der Waals surface area contributed by atoms with E-state index in [0.717, 1.165) is 24.1 Å². The molecule has 0 bridgehead atoms. The Kier molecular flexibility index (Phi) is 4.88. The topological polar surface area (TPSA) is 0 Å². The van der Waals surface area contributed by atoms with Gasteiger partial charge in [-0.3, -0.25) is 0 Å². The van der Waals surface area contributed by atoms with Crippen LogP contribution >= 0.6 is 0 Å². The number of alkyl halides is 3. The van der Waals surface area contributed by atoms with Gasteiger partial charge in [0.05, 0.1) is 5.39 Å². The van der Waals surface area contributed by atoms with Gasteiger partial charge in [-0.25, -0.2) is 17.6 Å². The molecule has 7 heteroatoms. The normalized spacial score (nSPS) is 12.0. The highest BCUT2D eigenvalue weighted by atomic mass is 19.4. The summed E-state index contributed by atoms with van der Waals surface area (Å²) in [5, 5.41) is -1.42. The van der Waals surface area contributed by atoms with Gasteiger partial charge in [0.2, 0.25) is 0 Å². The van der Waals surface area contributed by atoms with Gasteiger partial charge in [-0.1, -0.05) is 25.5 Å². The molecular weight excluding hydrogens is 373 g/mol. The van der Waals surface area contributed by atoms with E-state index in [2.05, 4.69) is 0 Å². The van der Waals surface area contributed by atoms with Gasteiger partial charge in [-0.05, 0) is 47.2 Å². The van der Waals surface area contributed by atoms with Crippen molar-refractivity contribution in [2.24, 2.45) is 0 Å². The summed E-state index contributed by atoms with van der Waals surface area (Å²) >= 11 is 0. The summed E-state index contributed by atoms with van der Waals surface area (Å²) in [4.78, 5) is 0. The summed E-state index contributed by atoms with van der Waals surface area (Å²) < 4.78 is 95.1. The number of fused-ring (bicyclic) bond motifs is 1. The molecule has 0 heterocycles. The second kappa shape index (κ2) is 6.87. The van der Waals surface area contributed by atoms with Crippen molar-refractivity contribution in [3.05, 3.63) is 70.8 Å². The third kappa shape index (κ3) is 3.50. The average Bonchev–Trinajstić information content (AvgIpc) is 2.52. The predicted molar refractivity (Wildman–Crippen MR) is 88.2 cm³/mol. The van der Waals surface area contributed by atoms with Crippen LogP contribution in [0.4, 0.5) is 30.7 Å². The summed E-state index contributed by atoms with van der Waals surface area (Å²) in [7, 11) is 0. The second-order valence-electron chi connectivity index (χ2n) is 6.17. The lowest BCUT2D eigenvalue weighted by Gasteiger charge is -2.13. The first-order valence-corrected chi connectivity index (χ1v) is 8.10. The van der Waals surface area contributed by atoms with Crippen LogP contribution in [0, 0.1) is 23.3 Å². The third-order valence-electron chi connectivity index (χ3n) is 4.25. The lowest BCUT2D eigenvalue weighted by molar-refractivity contribution is -0.142. The molecule has 3 aromatic rings. The molecule has 3 aromatic carbocycles. The van der Waals surface area contributed by atoms with Crippen molar-refractivity contribution in [3.63, 3.8) is 0 Å². The number of hydrogen-bond acceptors (Lipinski definition) is 0. The van der Waals surface area contributed by atoms with Crippen LogP contribution in [0.5, 0.6) is 0 Å². The number of halogens is 7. The van der Waals surface area contributed by atoms with E-state index in [4.69, 9.17) is 0 Å². The van der Waals surface area contributed by atoms with Crippen LogP contribution in [0.3, 0.4) is 0 Å². The largest absolute Gasteiger partial charge is 0.422 e. The molecule has 0 atom stereocenters. The fourth-order valence-corrected chi connectivity index (χ4v) is 3.06. The summed E-state index contributed by atoms with van der Waals surface area (Å²) in [5.74, 6) is -5.88. The molecule has 3 rings (SSSR count). The Morgan fingerprint density at radius 3 is 2.11 bits per heavy atom. The fraction of sp³-hybridized carbons (Fsp3) is 0.200. The quantitative estimate of drug-likeness (QED) is 0.424. The van der Waals surface area contributed by atoms with E-state index >= 15 is 0 Å². The molecule has 0 spiro atoms. The summed E-state index contributed by atoms with van der Waals surface area (Å²) in [5.41, 5.74) is -1.47. The van der Waals surface area contributed by atoms with E-state index in [0.29, 0.717) is 12.5 Å². The molecule has 0 aliphatic carbocycles. The molecule has 0 saturated carbocycles. The van der Waals surface area contributed by atoms with Gasteiger partial charge in [0.1, 0.15) is 28.8 Å². The van der Waals surface area contributed by atoms with E-state index in [1.807, 2.05) is 6.92 Å². The zero-order valence-corrected chi connectivity index (χ0v) is 14.0. The van der Waals surface area contributed by atoms with Crippen molar-refractivity contribution in [1.82, 2.24) is 0 Å². The Labute approximate surface area is 150 Å². The average molecular weight is 386 g/mol. The lowest BCUT2D eigenvalue weighted by atomic mass is 9.97. The Bertz CT molecular complexity index is 1020. The second-order valence-corrected chi connectivity index (χ2v) is 6.17. The Balaban J connectivity index is 2.22. The van der Waals surface area contributed by atoms with E-state index in [1.54, 1.807) is 6.07 Å². The number of hydrogen-bond donors (Lipinski definition) is 0. The van der Waals surface area contributed by atoms with Crippen LogP contribution in [0.1, 0.15) is 24.5 Å². The summed E-state index contributed by atoms with van der Waals surface area (Å²) in [6, 6.07) is 6.51. The molecule has 142 valence electrons. The minimum atomic E-state index is -5.31. The first-order chi connectivity index (χ1) is 12.6. The molecule has 0 aliphatic rings. The van der Waals surface area contributed by atoms with Gasteiger partial charge in [0.25, 0.3) is 0 Å². The third-order valence-corrected chi connectivity index (χ3v) is 4.25. The van der Waals surface area contributed by atoms with Crippen molar-refractivity contribution in [3.8, 4) is 11.1 Å². The zero-order valence-electron chi connectivity index (χ0n) is 14.0. The minimum absolute atomic E-state index is 0.0173. The number of benzene rings is 3. The Hall–Kier alpha value is -2.57. The molecule has 0 nitrogen and oxygen atoms in total. The van der Waals surface area contributed by atoms with Crippen LogP contribution in [-0.4, -0.2) is 0 Å². The van der Waals surface area contributed by atoms with Gasteiger partial charge in [0, 0.05) is 5.56 Å². The first kappa shape index (κ1) is 19.2. The van der Waals surface area contributed by atoms with Crippen LogP contribution in [0.15, 0.2) is 36.4 Å². The Morgan fingerprint density at radius 1 is 0.815 bits per heavy atom. The molecule has 0 aliphatic heterocycles. The zero-order chi connectivity index (χ0) is 19.9. The van der Waals surface area contributed by atoms with Crippen molar-refractivity contribution in [2.75, 3.05) is 0 Å². The highest BCUT2D eigenvalue weighted by Gasteiger charge is 2.39. The molecule has 0 aromatic heterocycles. The monoisotopic (exact) mass is 386 g/mol. The minimum Gasteiger partial charge on any atom is -0.206 e. The maximum Gasteiger partial charge on any atom is 0.422 e. The standard InChI is InChI=1S/C20H13F7/c1-2-3-10-4-5-13(14(21)6-10)11-7-12-9-16(23)18(20(25,26)27)19(24)17(12)15(22)8-11/h4-9H,2-3H2,1H3.